The number of hydrogen-bond acceptors (Lipinski definition) is 4. The molecule has 0 fully saturated rings. The second kappa shape index (κ2) is 8.07. The van der Waals surface area contributed by atoms with Crippen LogP contribution in [0.5, 0.6) is 5.75 Å². The fourth-order valence-electron chi connectivity index (χ4n) is 3.99. The maximum absolute atomic E-state index is 13.2. The molecule has 0 aliphatic carbocycles. The minimum atomic E-state index is -0.0914. The van der Waals surface area contributed by atoms with Gasteiger partial charge in [-0.15, -0.1) is 0 Å². The summed E-state index contributed by atoms with van der Waals surface area (Å²) in [6, 6.07) is 18.1. The van der Waals surface area contributed by atoms with Crippen LogP contribution in [-0.4, -0.2) is 27.8 Å². The molecule has 1 amide bonds. The van der Waals surface area contributed by atoms with Crippen molar-refractivity contribution in [2.75, 3.05) is 12.0 Å². The summed E-state index contributed by atoms with van der Waals surface area (Å²) in [6.45, 7) is 4.12. The first-order chi connectivity index (χ1) is 14.1. The molecule has 1 aromatic heterocycles. The summed E-state index contributed by atoms with van der Waals surface area (Å²) >= 11 is 0. The summed E-state index contributed by atoms with van der Waals surface area (Å²) < 4.78 is 7.17. The topological polar surface area (TPSA) is 60.2 Å². The molecule has 0 spiro atoms. The van der Waals surface area contributed by atoms with Crippen molar-refractivity contribution in [2.24, 2.45) is 5.92 Å². The smallest absolute Gasteiger partial charge is 0.231 e. The van der Waals surface area contributed by atoms with E-state index in [4.69, 9.17) is 4.74 Å². The maximum Gasteiger partial charge on any atom is 0.231 e. The Morgan fingerprint density at radius 2 is 1.76 bits per heavy atom. The van der Waals surface area contributed by atoms with E-state index in [1.54, 1.807) is 7.11 Å². The van der Waals surface area contributed by atoms with Crippen molar-refractivity contribution >= 4 is 11.9 Å². The average Bonchev–Trinajstić information content (AvgIpc) is 3.22. The lowest BCUT2D eigenvalue weighted by Crippen LogP contribution is -2.43. The van der Waals surface area contributed by atoms with Gasteiger partial charge in [0.2, 0.25) is 11.9 Å². The van der Waals surface area contributed by atoms with E-state index in [0.717, 1.165) is 23.3 Å². The zero-order valence-corrected chi connectivity index (χ0v) is 17.0. The Hall–Kier alpha value is -3.15. The van der Waals surface area contributed by atoms with Gasteiger partial charge < -0.3 is 4.74 Å². The number of anilines is 1. The van der Waals surface area contributed by atoms with Crippen molar-refractivity contribution in [2.45, 2.75) is 38.8 Å². The van der Waals surface area contributed by atoms with Gasteiger partial charge in [-0.3, -0.25) is 9.69 Å². The number of ether oxygens (including phenoxy) is 1. The van der Waals surface area contributed by atoms with Gasteiger partial charge in [0.25, 0.3) is 0 Å². The number of fused-ring (bicyclic) bond motifs is 1. The first-order valence-corrected chi connectivity index (χ1v) is 9.99. The molecule has 0 unspecified atom stereocenters. The number of aromatic nitrogens is 3. The summed E-state index contributed by atoms with van der Waals surface area (Å²) in [5, 5.41) is 4.48. The molecular weight excluding hydrogens is 364 g/mol. The number of carbonyl (C=O) groups is 1. The van der Waals surface area contributed by atoms with E-state index >= 15 is 0 Å². The third-order valence-corrected chi connectivity index (χ3v) is 5.36. The fourth-order valence-corrected chi connectivity index (χ4v) is 3.99. The molecule has 0 N–H and O–H groups in total. The molecule has 1 aliphatic heterocycles. The predicted octanol–water partition coefficient (Wildman–Crippen LogP) is 4.40. The maximum atomic E-state index is 13.2. The molecule has 150 valence electrons. The molecule has 0 radical (unpaired) electrons. The summed E-state index contributed by atoms with van der Waals surface area (Å²) in [7, 11) is 1.66. The Bertz CT molecular complexity index is 966. The number of carbonyl (C=O) groups excluding carboxylic acids is 1. The highest BCUT2D eigenvalue weighted by molar-refractivity contribution is 5.93. The number of rotatable bonds is 5. The van der Waals surface area contributed by atoms with Gasteiger partial charge in [0.1, 0.15) is 12.1 Å². The van der Waals surface area contributed by atoms with Gasteiger partial charge in [-0.1, -0.05) is 56.3 Å². The Morgan fingerprint density at radius 1 is 1.07 bits per heavy atom. The highest BCUT2D eigenvalue weighted by Gasteiger charge is 2.39. The first kappa shape index (κ1) is 19.2. The number of hydrogen-bond donors (Lipinski definition) is 0. The van der Waals surface area contributed by atoms with Crippen LogP contribution < -0.4 is 9.64 Å². The van der Waals surface area contributed by atoms with Crippen LogP contribution in [0, 0.1) is 5.92 Å². The van der Waals surface area contributed by atoms with Crippen LogP contribution in [0.3, 0.4) is 0 Å². The molecular formula is C23H26N4O2. The highest BCUT2D eigenvalue weighted by Crippen LogP contribution is 2.42. The van der Waals surface area contributed by atoms with Gasteiger partial charge in [0, 0.05) is 6.42 Å². The van der Waals surface area contributed by atoms with E-state index in [1.807, 2.05) is 39.9 Å². The van der Waals surface area contributed by atoms with Crippen LogP contribution in [0.25, 0.3) is 0 Å². The SMILES string of the molecule is COc1ccc([C@H]2C[C@H](c3ccccc3)N(C(=O)CC(C)C)c3ncnn32)cc1. The third-order valence-electron chi connectivity index (χ3n) is 5.36. The lowest BCUT2D eigenvalue weighted by Gasteiger charge is -2.39. The highest BCUT2D eigenvalue weighted by atomic mass is 16.5. The molecule has 6 heteroatoms. The van der Waals surface area contributed by atoms with Gasteiger partial charge >= 0.3 is 0 Å². The van der Waals surface area contributed by atoms with Crippen molar-refractivity contribution < 1.29 is 9.53 Å². The fraction of sp³-hybridized carbons (Fsp3) is 0.348. The van der Waals surface area contributed by atoms with Gasteiger partial charge in [0.05, 0.1) is 19.2 Å². The molecule has 2 aromatic carbocycles. The molecule has 29 heavy (non-hydrogen) atoms. The molecule has 1 aliphatic rings. The van der Waals surface area contributed by atoms with Crippen molar-refractivity contribution in [1.82, 2.24) is 14.8 Å². The van der Waals surface area contributed by atoms with Crippen LogP contribution in [-0.2, 0) is 4.79 Å². The van der Waals surface area contributed by atoms with Crippen LogP contribution >= 0.6 is 0 Å². The lowest BCUT2D eigenvalue weighted by atomic mass is 9.91. The Morgan fingerprint density at radius 3 is 2.41 bits per heavy atom. The summed E-state index contributed by atoms with van der Waals surface area (Å²) in [5.74, 6) is 1.78. The van der Waals surface area contributed by atoms with Gasteiger partial charge in [-0.05, 0) is 35.6 Å². The first-order valence-electron chi connectivity index (χ1n) is 9.99. The average molecular weight is 390 g/mol. The summed E-state index contributed by atoms with van der Waals surface area (Å²) in [4.78, 5) is 19.5. The minimum Gasteiger partial charge on any atom is -0.497 e. The van der Waals surface area contributed by atoms with Crippen LogP contribution in [0.1, 0.15) is 49.9 Å². The second-order valence-corrected chi connectivity index (χ2v) is 7.82. The van der Waals surface area contributed by atoms with Crippen LogP contribution in [0.4, 0.5) is 5.95 Å². The van der Waals surface area contributed by atoms with E-state index < -0.39 is 0 Å². The molecule has 0 saturated heterocycles. The third kappa shape index (κ3) is 3.75. The molecule has 0 bridgehead atoms. The molecule has 6 nitrogen and oxygen atoms in total. The lowest BCUT2D eigenvalue weighted by molar-refractivity contribution is -0.120. The van der Waals surface area contributed by atoms with E-state index in [1.165, 1.54) is 6.33 Å². The molecule has 0 saturated carbocycles. The predicted molar refractivity (Wildman–Crippen MR) is 112 cm³/mol. The van der Waals surface area contributed by atoms with Crippen molar-refractivity contribution in [3.63, 3.8) is 0 Å². The molecule has 2 heterocycles. The van der Waals surface area contributed by atoms with Gasteiger partial charge in [-0.2, -0.15) is 10.1 Å². The monoisotopic (exact) mass is 390 g/mol. The minimum absolute atomic E-state index is 0.00767. The Labute approximate surface area is 171 Å². The summed E-state index contributed by atoms with van der Waals surface area (Å²) in [5.41, 5.74) is 2.23. The molecule has 2 atom stereocenters. The largest absolute Gasteiger partial charge is 0.497 e. The quantitative estimate of drug-likeness (QED) is 0.648. The van der Waals surface area contributed by atoms with Crippen LogP contribution in [0.2, 0.25) is 0 Å². The zero-order valence-electron chi connectivity index (χ0n) is 17.0. The Balaban J connectivity index is 1.79. The second-order valence-electron chi connectivity index (χ2n) is 7.82. The number of benzene rings is 2. The van der Waals surface area contributed by atoms with E-state index in [0.29, 0.717) is 12.4 Å². The van der Waals surface area contributed by atoms with Crippen LogP contribution in [0.15, 0.2) is 60.9 Å². The van der Waals surface area contributed by atoms with Gasteiger partial charge in [-0.25, -0.2) is 4.68 Å². The number of methoxy groups -OCH3 is 1. The standard InChI is InChI=1S/C23H26N4O2/c1-16(2)13-22(28)26-20(17-7-5-4-6-8-17)14-21(27-23(26)24-15-25-27)18-9-11-19(29-3)12-10-18/h4-12,15-16,20-21H,13-14H2,1-3H3/t20-,21-/m1/s1. The molecule has 4 rings (SSSR count). The van der Waals surface area contributed by atoms with Crippen molar-refractivity contribution in [1.29, 1.82) is 0 Å². The zero-order chi connectivity index (χ0) is 20.4. The van der Waals surface area contributed by atoms with E-state index in [2.05, 4.69) is 48.2 Å². The van der Waals surface area contributed by atoms with Gasteiger partial charge in [0.15, 0.2) is 0 Å². The normalized spacial score (nSPS) is 18.6. The van der Waals surface area contributed by atoms with E-state index in [-0.39, 0.29) is 23.9 Å². The van der Waals surface area contributed by atoms with E-state index in [9.17, 15) is 4.79 Å². The number of nitrogens with zero attached hydrogens (tertiary/aromatic N) is 4. The van der Waals surface area contributed by atoms with Crippen molar-refractivity contribution in [3.8, 4) is 5.75 Å². The Kier molecular flexibility index (Phi) is 5.34. The molecule has 3 aromatic rings. The van der Waals surface area contributed by atoms with Crippen molar-refractivity contribution in [3.05, 3.63) is 72.1 Å². The summed E-state index contributed by atoms with van der Waals surface area (Å²) in [6.07, 6.45) is 2.74. The number of amides is 1.